The van der Waals surface area contributed by atoms with Gasteiger partial charge in [-0.3, -0.25) is 4.90 Å². The minimum Gasteiger partial charge on any atom is -0.465 e. The van der Waals surface area contributed by atoms with Gasteiger partial charge in [0.1, 0.15) is 6.61 Å². The van der Waals surface area contributed by atoms with Gasteiger partial charge in [-0.2, -0.15) is 0 Å². The first-order valence-corrected chi connectivity index (χ1v) is 8.55. The lowest BCUT2D eigenvalue weighted by molar-refractivity contribution is 0.0599. The van der Waals surface area contributed by atoms with Gasteiger partial charge in [0.05, 0.1) is 18.7 Å². The van der Waals surface area contributed by atoms with E-state index in [-0.39, 0.29) is 24.7 Å². The van der Waals surface area contributed by atoms with Crippen LogP contribution in [0.15, 0.2) is 54.6 Å². The van der Waals surface area contributed by atoms with Crippen LogP contribution in [0.1, 0.15) is 27.5 Å². The SMILES string of the molecule is COC(=O)c1ccc(C2CNCCN2C(=O)OCc2ccccc2)cc1. The van der Waals surface area contributed by atoms with Crippen molar-refractivity contribution in [3.05, 3.63) is 71.3 Å². The van der Waals surface area contributed by atoms with Crippen LogP contribution in [0, 0.1) is 0 Å². The molecule has 0 saturated carbocycles. The molecule has 26 heavy (non-hydrogen) atoms. The zero-order chi connectivity index (χ0) is 18.4. The summed E-state index contributed by atoms with van der Waals surface area (Å²) in [6.07, 6.45) is -0.336. The number of piperazine rings is 1. The van der Waals surface area contributed by atoms with E-state index in [9.17, 15) is 9.59 Å². The topological polar surface area (TPSA) is 67.9 Å². The first-order chi connectivity index (χ1) is 12.7. The summed E-state index contributed by atoms with van der Waals surface area (Å²) in [7, 11) is 1.35. The van der Waals surface area contributed by atoms with E-state index in [0.29, 0.717) is 18.7 Å². The Hall–Kier alpha value is -2.86. The fourth-order valence-electron chi connectivity index (χ4n) is 2.98. The molecule has 1 N–H and O–H groups in total. The van der Waals surface area contributed by atoms with Crippen LogP contribution in [0.25, 0.3) is 0 Å². The molecule has 0 aliphatic carbocycles. The molecule has 1 aliphatic rings. The minimum atomic E-state index is -0.377. The van der Waals surface area contributed by atoms with E-state index in [4.69, 9.17) is 9.47 Å². The number of hydrogen-bond donors (Lipinski definition) is 1. The maximum absolute atomic E-state index is 12.6. The molecule has 1 saturated heterocycles. The van der Waals surface area contributed by atoms with Crippen LogP contribution in [0.5, 0.6) is 0 Å². The van der Waals surface area contributed by atoms with Gasteiger partial charge in [-0.1, -0.05) is 42.5 Å². The third-order valence-electron chi connectivity index (χ3n) is 4.40. The van der Waals surface area contributed by atoms with E-state index in [1.807, 2.05) is 42.5 Å². The monoisotopic (exact) mass is 354 g/mol. The quantitative estimate of drug-likeness (QED) is 0.855. The molecule has 1 atom stereocenters. The molecule has 1 unspecified atom stereocenters. The Balaban J connectivity index is 1.69. The number of esters is 1. The summed E-state index contributed by atoms with van der Waals surface area (Å²) in [5.41, 5.74) is 2.38. The number of ether oxygens (including phenoxy) is 2. The number of carbonyl (C=O) groups is 2. The molecular formula is C20H22N2O4. The zero-order valence-corrected chi connectivity index (χ0v) is 14.7. The molecular weight excluding hydrogens is 332 g/mol. The molecule has 136 valence electrons. The Labute approximate surface area is 152 Å². The number of hydrogen-bond acceptors (Lipinski definition) is 5. The molecule has 1 heterocycles. The van der Waals surface area contributed by atoms with Crippen molar-refractivity contribution in [3.63, 3.8) is 0 Å². The molecule has 6 heteroatoms. The summed E-state index contributed by atoms with van der Waals surface area (Å²) in [6.45, 7) is 2.17. The molecule has 2 aromatic rings. The van der Waals surface area contributed by atoms with E-state index in [1.54, 1.807) is 17.0 Å². The van der Waals surface area contributed by atoms with Crippen LogP contribution in [0.4, 0.5) is 4.79 Å². The number of nitrogens with one attached hydrogen (secondary N) is 1. The molecule has 0 aromatic heterocycles. The molecule has 0 radical (unpaired) electrons. The smallest absolute Gasteiger partial charge is 0.410 e. The van der Waals surface area contributed by atoms with Crippen LogP contribution in [0.2, 0.25) is 0 Å². The highest BCUT2D eigenvalue weighted by atomic mass is 16.6. The Kier molecular flexibility index (Phi) is 5.86. The van der Waals surface area contributed by atoms with Gasteiger partial charge in [-0.05, 0) is 23.3 Å². The van der Waals surface area contributed by atoms with Crippen molar-refractivity contribution in [3.8, 4) is 0 Å². The van der Waals surface area contributed by atoms with E-state index in [2.05, 4.69) is 5.32 Å². The third kappa shape index (κ3) is 4.21. The second-order valence-electron chi connectivity index (χ2n) is 6.07. The normalized spacial score (nSPS) is 16.8. The van der Waals surface area contributed by atoms with Gasteiger partial charge < -0.3 is 14.8 Å². The lowest BCUT2D eigenvalue weighted by Crippen LogP contribution is -2.48. The highest BCUT2D eigenvalue weighted by Crippen LogP contribution is 2.24. The Morgan fingerprint density at radius 3 is 2.54 bits per heavy atom. The number of rotatable bonds is 4. The van der Waals surface area contributed by atoms with Crippen molar-refractivity contribution in [2.75, 3.05) is 26.7 Å². The zero-order valence-electron chi connectivity index (χ0n) is 14.7. The lowest BCUT2D eigenvalue weighted by atomic mass is 10.0. The minimum absolute atomic E-state index is 0.140. The van der Waals surface area contributed by atoms with Gasteiger partial charge in [-0.15, -0.1) is 0 Å². The number of methoxy groups -OCH3 is 1. The predicted octanol–water partition coefficient (Wildman–Crippen LogP) is 2.76. The summed E-state index contributed by atoms with van der Waals surface area (Å²) in [4.78, 5) is 25.9. The molecule has 6 nitrogen and oxygen atoms in total. The van der Waals surface area contributed by atoms with Gasteiger partial charge in [0, 0.05) is 19.6 Å². The van der Waals surface area contributed by atoms with E-state index in [1.165, 1.54) is 7.11 Å². The van der Waals surface area contributed by atoms with Crippen LogP contribution < -0.4 is 5.32 Å². The first kappa shape index (κ1) is 17.9. The van der Waals surface area contributed by atoms with Crippen molar-refractivity contribution in [1.82, 2.24) is 10.2 Å². The Morgan fingerprint density at radius 2 is 1.85 bits per heavy atom. The summed E-state index contributed by atoms with van der Waals surface area (Å²) in [6, 6.07) is 16.6. The summed E-state index contributed by atoms with van der Waals surface area (Å²) in [5, 5.41) is 3.30. The lowest BCUT2D eigenvalue weighted by Gasteiger charge is -2.35. The largest absolute Gasteiger partial charge is 0.465 e. The van der Waals surface area contributed by atoms with E-state index in [0.717, 1.165) is 17.7 Å². The van der Waals surface area contributed by atoms with E-state index < -0.39 is 0 Å². The van der Waals surface area contributed by atoms with Crippen molar-refractivity contribution in [1.29, 1.82) is 0 Å². The second-order valence-corrected chi connectivity index (χ2v) is 6.07. The second kappa shape index (κ2) is 8.49. The first-order valence-electron chi connectivity index (χ1n) is 8.55. The average molecular weight is 354 g/mol. The maximum atomic E-state index is 12.6. The van der Waals surface area contributed by atoms with Gasteiger partial charge >= 0.3 is 12.1 Å². The number of benzene rings is 2. The van der Waals surface area contributed by atoms with Crippen LogP contribution in [-0.4, -0.2) is 43.7 Å². The molecule has 1 amide bonds. The van der Waals surface area contributed by atoms with Crippen molar-refractivity contribution >= 4 is 12.1 Å². The van der Waals surface area contributed by atoms with Crippen molar-refractivity contribution in [2.24, 2.45) is 0 Å². The highest BCUT2D eigenvalue weighted by Gasteiger charge is 2.29. The Morgan fingerprint density at radius 1 is 1.12 bits per heavy atom. The standard InChI is InChI=1S/C20H22N2O4/c1-25-19(23)17-9-7-16(8-10-17)18-13-21-11-12-22(18)20(24)26-14-15-5-3-2-4-6-15/h2-10,18,21H,11-14H2,1H3. The van der Waals surface area contributed by atoms with Gasteiger partial charge in [-0.25, -0.2) is 9.59 Å². The molecule has 1 fully saturated rings. The Bertz CT molecular complexity index is 746. The molecule has 0 spiro atoms. The van der Waals surface area contributed by atoms with Crippen LogP contribution >= 0.6 is 0 Å². The van der Waals surface area contributed by atoms with Crippen LogP contribution in [0.3, 0.4) is 0 Å². The van der Waals surface area contributed by atoms with Crippen molar-refractivity contribution < 1.29 is 19.1 Å². The fraction of sp³-hybridized carbons (Fsp3) is 0.300. The average Bonchev–Trinajstić information content (AvgIpc) is 2.72. The van der Waals surface area contributed by atoms with Crippen molar-refractivity contribution in [2.45, 2.75) is 12.6 Å². The molecule has 1 aliphatic heterocycles. The van der Waals surface area contributed by atoms with E-state index >= 15 is 0 Å². The van der Waals surface area contributed by atoms with Gasteiger partial charge in [0.2, 0.25) is 0 Å². The van der Waals surface area contributed by atoms with Gasteiger partial charge in [0.15, 0.2) is 0 Å². The van der Waals surface area contributed by atoms with Crippen LogP contribution in [-0.2, 0) is 16.1 Å². The maximum Gasteiger partial charge on any atom is 0.410 e. The fourth-order valence-corrected chi connectivity index (χ4v) is 2.98. The highest BCUT2D eigenvalue weighted by molar-refractivity contribution is 5.89. The predicted molar refractivity (Wildman–Crippen MR) is 96.7 cm³/mol. The molecule has 2 aromatic carbocycles. The number of nitrogens with zero attached hydrogens (tertiary/aromatic N) is 1. The number of carbonyl (C=O) groups excluding carboxylic acids is 2. The summed E-state index contributed by atoms with van der Waals surface area (Å²) >= 11 is 0. The van der Waals surface area contributed by atoms with Gasteiger partial charge in [0.25, 0.3) is 0 Å². The summed E-state index contributed by atoms with van der Waals surface area (Å²) < 4.78 is 10.2. The number of amides is 1. The summed E-state index contributed by atoms with van der Waals surface area (Å²) in [5.74, 6) is -0.377. The molecule has 3 rings (SSSR count). The molecule has 0 bridgehead atoms. The third-order valence-corrected chi connectivity index (χ3v) is 4.40.